The number of fused-ring (bicyclic) bond motifs is 1. The van der Waals surface area contributed by atoms with E-state index in [1.54, 1.807) is 13.2 Å². The summed E-state index contributed by atoms with van der Waals surface area (Å²) in [5.41, 5.74) is 1.14. The average molecular weight is 339 g/mol. The van der Waals surface area contributed by atoms with Crippen LogP contribution >= 0.6 is 23.2 Å². The van der Waals surface area contributed by atoms with Gasteiger partial charge >= 0.3 is 0 Å². The van der Waals surface area contributed by atoms with Crippen LogP contribution in [-0.2, 0) is 9.53 Å². The monoisotopic (exact) mass is 338 g/mol. The molecule has 0 bridgehead atoms. The predicted molar refractivity (Wildman–Crippen MR) is 87.4 cm³/mol. The highest BCUT2D eigenvalue weighted by atomic mass is 35.5. The van der Waals surface area contributed by atoms with Crippen molar-refractivity contribution in [1.82, 2.24) is 0 Å². The van der Waals surface area contributed by atoms with Gasteiger partial charge in [-0.15, -0.1) is 11.6 Å². The Morgan fingerprint density at radius 1 is 1.36 bits per heavy atom. The average Bonchev–Trinajstić information content (AvgIpc) is 2.89. The first-order valence-corrected chi connectivity index (χ1v) is 7.82. The molecular weight excluding hydrogens is 323 g/mol. The number of ether oxygens (including phenoxy) is 2. The quantitative estimate of drug-likeness (QED) is 0.769. The molecule has 1 aliphatic heterocycles. The third kappa shape index (κ3) is 2.47. The standard InChI is InChI=1S/C17H16Cl2O3/c1-17-8-7-13(20)16(19)14(17)12(9-22-17)15(18)10-3-5-11(21-2)6-4-10/h3-8,14,16H,9H2,1-2H3/b15-12-/t14-,16+,17+/m0/s1. The molecule has 1 aliphatic carbocycles. The minimum atomic E-state index is -0.653. The molecule has 3 nitrogen and oxygen atoms in total. The molecule has 0 aromatic heterocycles. The number of carbonyl (C=O) groups excluding carboxylic acids is 1. The van der Waals surface area contributed by atoms with E-state index >= 15 is 0 Å². The number of alkyl halides is 1. The minimum absolute atomic E-state index is 0.105. The molecule has 1 aromatic rings. The second-order valence-corrected chi connectivity index (χ2v) is 6.50. The molecule has 116 valence electrons. The summed E-state index contributed by atoms with van der Waals surface area (Å²) in [5, 5.41) is -0.0652. The van der Waals surface area contributed by atoms with E-state index in [1.807, 2.05) is 31.2 Å². The molecule has 5 heteroatoms. The highest BCUT2D eigenvalue weighted by Crippen LogP contribution is 2.47. The number of hydrogen-bond acceptors (Lipinski definition) is 3. The molecule has 3 rings (SSSR count). The van der Waals surface area contributed by atoms with Gasteiger partial charge in [0.25, 0.3) is 0 Å². The SMILES string of the molecule is COc1ccc(/C(Cl)=C2\CO[C@]3(C)C=CC(=O)[C@@H](Cl)[C@H]23)cc1. The van der Waals surface area contributed by atoms with Gasteiger partial charge in [-0.05, 0) is 54.5 Å². The van der Waals surface area contributed by atoms with Crippen molar-refractivity contribution in [3.8, 4) is 5.75 Å². The molecular formula is C17H16Cl2O3. The van der Waals surface area contributed by atoms with E-state index in [9.17, 15) is 4.79 Å². The third-order valence-corrected chi connectivity index (χ3v) is 5.23. The van der Waals surface area contributed by atoms with Crippen LogP contribution < -0.4 is 4.74 Å². The fourth-order valence-corrected chi connectivity index (χ4v) is 3.78. The van der Waals surface area contributed by atoms with Crippen molar-refractivity contribution >= 4 is 34.0 Å². The van der Waals surface area contributed by atoms with Crippen molar-refractivity contribution < 1.29 is 14.3 Å². The van der Waals surface area contributed by atoms with Crippen LogP contribution in [0.2, 0.25) is 0 Å². The van der Waals surface area contributed by atoms with Crippen molar-refractivity contribution in [2.75, 3.05) is 13.7 Å². The first-order chi connectivity index (χ1) is 10.5. The molecule has 0 N–H and O–H groups in total. The Morgan fingerprint density at radius 3 is 2.68 bits per heavy atom. The van der Waals surface area contributed by atoms with E-state index in [-0.39, 0.29) is 11.7 Å². The van der Waals surface area contributed by atoms with Crippen molar-refractivity contribution in [1.29, 1.82) is 0 Å². The molecule has 1 heterocycles. The van der Waals surface area contributed by atoms with Crippen LogP contribution in [-0.4, -0.2) is 30.5 Å². The summed E-state index contributed by atoms with van der Waals surface area (Å²) in [5.74, 6) is 0.407. The number of methoxy groups -OCH3 is 1. The van der Waals surface area contributed by atoms with E-state index in [4.69, 9.17) is 32.7 Å². The highest BCUT2D eigenvalue weighted by molar-refractivity contribution is 6.49. The van der Waals surface area contributed by atoms with Crippen LogP contribution in [0.15, 0.2) is 42.0 Å². The topological polar surface area (TPSA) is 35.5 Å². The molecule has 0 radical (unpaired) electrons. The minimum Gasteiger partial charge on any atom is -0.497 e. The Morgan fingerprint density at radius 2 is 2.05 bits per heavy atom. The Labute approximate surface area is 139 Å². The van der Waals surface area contributed by atoms with Crippen LogP contribution in [0.5, 0.6) is 5.75 Å². The molecule has 0 saturated carbocycles. The van der Waals surface area contributed by atoms with Crippen molar-refractivity contribution in [3.05, 3.63) is 47.6 Å². The number of benzene rings is 1. The smallest absolute Gasteiger partial charge is 0.174 e. The second kappa shape index (κ2) is 5.73. The van der Waals surface area contributed by atoms with Crippen LogP contribution in [0, 0.1) is 5.92 Å². The highest BCUT2D eigenvalue weighted by Gasteiger charge is 2.50. The number of halogens is 2. The molecule has 1 saturated heterocycles. The third-order valence-electron chi connectivity index (χ3n) is 4.30. The van der Waals surface area contributed by atoms with Gasteiger partial charge in [-0.1, -0.05) is 11.6 Å². The number of rotatable bonds is 2. The van der Waals surface area contributed by atoms with Crippen molar-refractivity contribution in [2.45, 2.75) is 17.9 Å². The number of allylic oxidation sites excluding steroid dienone is 1. The first kappa shape index (κ1) is 15.6. The lowest BCUT2D eigenvalue weighted by Crippen LogP contribution is -2.42. The van der Waals surface area contributed by atoms with E-state index in [0.717, 1.165) is 16.9 Å². The lowest BCUT2D eigenvalue weighted by Gasteiger charge is -2.33. The summed E-state index contributed by atoms with van der Waals surface area (Å²) < 4.78 is 11.0. The van der Waals surface area contributed by atoms with Crippen molar-refractivity contribution in [2.24, 2.45) is 5.92 Å². The maximum Gasteiger partial charge on any atom is 0.174 e. The van der Waals surface area contributed by atoms with E-state index in [0.29, 0.717) is 11.6 Å². The van der Waals surface area contributed by atoms with Gasteiger partial charge in [0.2, 0.25) is 0 Å². The van der Waals surface area contributed by atoms with Gasteiger partial charge in [-0.25, -0.2) is 0 Å². The maximum atomic E-state index is 11.9. The lowest BCUT2D eigenvalue weighted by atomic mass is 9.77. The Kier molecular flexibility index (Phi) is 4.06. The largest absolute Gasteiger partial charge is 0.497 e. The molecule has 1 fully saturated rings. The van der Waals surface area contributed by atoms with E-state index in [1.165, 1.54) is 6.08 Å². The van der Waals surface area contributed by atoms with E-state index < -0.39 is 11.0 Å². The summed E-state index contributed by atoms with van der Waals surface area (Å²) in [6.45, 7) is 2.30. The molecule has 1 aromatic carbocycles. The van der Waals surface area contributed by atoms with Gasteiger partial charge in [-0.2, -0.15) is 0 Å². The summed E-state index contributed by atoms with van der Waals surface area (Å²) in [7, 11) is 1.61. The fraction of sp³-hybridized carbons (Fsp3) is 0.353. The molecule has 0 unspecified atom stereocenters. The number of ketones is 1. The zero-order chi connectivity index (χ0) is 15.9. The summed E-state index contributed by atoms with van der Waals surface area (Å²) in [4.78, 5) is 11.9. The van der Waals surface area contributed by atoms with Crippen LogP contribution in [0.25, 0.3) is 5.03 Å². The Bertz CT molecular complexity index is 663. The van der Waals surface area contributed by atoms with Gasteiger partial charge in [0.05, 0.1) is 19.3 Å². The van der Waals surface area contributed by atoms with Crippen LogP contribution in [0.4, 0.5) is 0 Å². The molecule has 3 atom stereocenters. The summed E-state index contributed by atoms with van der Waals surface area (Å²) in [6.07, 6.45) is 3.28. The van der Waals surface area contributed by atoms with E-state index in [2.05, 4.69) is 0 Å². The van der Waals surface area contributed by atoms with Gasteiger partial charge in [-0.3, -0.25) is 4.79 Å². The summed E-state index contributed by atoms with van der Waals surface area (Å²) in [6, 6.07) is 7.45. The molecule has 22 heavy (non-hydrogen) atoms. The maximum absolute atomic E-state index is 11.9. The van der Waals surface area contributed by atoms with Gasteiger partial charge in [0.15, 0.2) is 5.78 Å². The number of carbonyl (C=O) groups is 1. The van der Waals surface area contributed by atoms with Gasteiger partial charge < -0.3 is 9.47 Å². The fourth-order valence-electron chi connectivity index (χ4n) is 3.00. The number of hydrogen-bond donors (Lipinski definition) is 0. The Balaban J connectivity index is 2.02. The van der Waals surface area contributed by atoms with Crippen LogP contribution in [0.1, 0.15) is 12.5 Å². The van der Waals surface area contributed by atoms with Gasteiger partial charge in [0.1, 0.15) is 11.1 Å². The molecule has 2 aliphatic rings. The van der Waals surface area contributed by atoms with Gasteiger partial charge in [0, 0.05) is 11.0 Å². The van der Waals surface area contributed by atoms with Crippen LogP contribution in [0.3, 0.4) is 0 Å². The zero-order valence-electron chi connectivity index (χ0n) is 12.3. The zero-order valence-corrected chi connectivity index (χ0v) is 13.8. The Hall–Kier alpha value is -1.29. The second-order valence-electron chi connectivity index (χ2n) is 5.66. The van der Waals surface area contributed by atoms with Crippen molar-refractivity contribution in [3.63, 3.8) is 0 Å². The summed E-state index contributed by atoms with van der Waals surface area (Å²) >= 11 is 12.9. The normalized spacial score (nSPS) is 32.8. The molecule has 0 spiro atoms. The first-order valence-electron chi connectivity index (χ1n) is 7.00. The lowest BCUT2D eigenvalue weighted by molar-refractivity contribution is -0.116. The predicted octanol–water partition coefficient (Wildman–Crippen LogP) is 3.80. The molecule has 0 amide bonds.